The first-order valence-electron chi connectivity index (χ1n) is 0.276. The van der Waals surface area contributed by atoms with Gasteiger partial charge in [-0.25, -0.2) is 0 Å². The zero-order valence-corrected chi connectivity index (χ0v) is 6.18. The van der Waals surface area contributed by atoms with E-state index in [1.54, 1.807) is 0 Å². The van der Waals surface area contributed by atoms with Crippen LogP contribution in [0.15, 0.2) is 0 Å². The summed E-state index contributed by atoms with van der Waals surface area (Å²) in [4.78, 5) is 0. The quantitative estimate of drug-likeness (QED) is 0.609. The molecule has 0 aromatic rings. The molecule has 0 aliphatic carbocycles. The SMILES string of the molecule is [F][Eu].[F][Gd]. The summed E-state index contributed by atoms with van der Waals surface area (Å²) < 4.78 is 19.1. The molecular formula is EuF2Gd. The van der Waals surface area contributed by atoms with Crippen molar-refractivity contribution in [3.63, 3.8) is 0 Å². The van der Waals surface area contributed by atoms with Crippen LogP contribution in [-0.4, -0.2) is 0 Å². The summed E-state index contributed by atoms with van der Waals surface area (Å²) >= 11 is 0.583. The fraction of sp³-hybridized carbons (Fsp3) is 0. The van der Waals surface area contributed by atoms with Crippen LogP contribution in [0.4, 0.5) is 1.14 Å². The fourth-order valence-corrected chi connectivity index (χ4v) is 0. The van der Waals surface area contributed by atoms with E-state index >= 15 is 0 Å². The Hall–Kier alpha value is 2.77. The molecule has 4 heavy (non-hydrogen) atoms. The molecular weight excluding hydrogens is 347 g/mol. The van der Waals surface area contributed by atoms with Gasteiger partial charge in [0.15, 0.2) is 0 Å². The van der Waals surface area contributed by atoms with Crippen LogP contribution in [0.1, 0.15) is 0 Å². The van der Waals surface area contributed by atoms with Gasteiger partial charge in [-0.15, -0.1) is 0 Å². The number of hydrogen-bond acceptors (Lipinski definition) is 0. The van der Waals surface area contributed by atoms with Crippen molar-refractivity contribution in [3.05, 3.63) is 0 Å². The van der Waals surface area contributed by atoms with Gasteiger partial charge in [0.25, 0.3) is 0 Å². The molecule has 0 rings (SSSR count). The Kier molecular flexibility index (Phi) is 42.4. The summed E-state index contributed by atoms with van der Waals surface area (Å²) in [6, 6.07) is 0. The molecule has 0 saturated heterocycles. The third kappa shape index (κ3) is 8.84. The average molecular weight is 347 g/mol. The Morgan fingerprint density at radius 3 is 1.25 bits per heavy atom. The van der Waals surface area contributed by atoms with Crippen molar-refractivity contribution in [2.45, 2.75) is 0 Å². The van der Waals surface area contributed by atoms with Crippen molar-refractivity contribution in [1.82, 2.24) is 0 Å². The van der Waals surface area contributed by atoms with Crippen LogP contribution < -0.4 is 0 Å². The molecule has 0 radical (unpaired) electrons. The molecule has 0 spiro atoms. The summed E-state index contributed by atoms with van der Waals surface area (Å²) in [5.74, 6) is 0. The third-order valence-electron chi connectivity index (χ3n) is 0. The molecule has 0 N–H and O–H groups in total. The van der Waals surface area contributed by atoms with Crippen LogP contribution >= 0.6 is 0 Å². The fourth-order valence-electron chi connectivity index (χ4n) is 0. The second kappa shape index (κ2) is 17.1. The Balaban J connectivity index is 0. The minimum atomic E-state index is 0.222. The van der Waals surface area contributed by atoms with E-state index in [4.69, 9.17) is 0 Å². The standard InChI is InChI=1S/Eu.2FH.Gd/h;2*1H;/q+1;;;+1/p-2. The monoisotopic (exact) mass is 349 g/mol. The van der Waals surface area contributed by atoms with E-state index in [9.17, 15) is 1.14 Å². The number of hydrogen-bond donors (Lipinski definition) is 0. The number of halogens is 2. The molecule has 0 saturated carbocycles. The van der Waals surface area contributed by atoms with E-state index in [0.717, 1.165) is 0 Å². The summed E-state index contributed by atoms with van der Waals surface area (Å²) in [5, 5.41) is 0. The van der Waals surface area contributed by atoms with E-state index in [0.29, 0.717) is 38.7 Å². The first-order valence-corrected chi connectivity index (χ1v) is 2.05. The second-order valence-electron chi connectivity index (χ2n) is 0. The second-order valence-corrected chi connectivity index (χ2v) is 0. The van der Waals surface area contributed by atoms with Gasteiger partial charge in [-0.3, -0.25) is 0 Å². The van der Waals surface area contributed by atoms with E-state index in [-0.39, 0.29) is 47.9 Å². The molecule has 0 aliphatic rings. The van der Waals surface area contributed by atoms with Gasteiger partial charge in [0.1, 0.15) is 0 Å². The van der Waals surface area contributed by atoms with Crippen molar-refractivity contribution in [2.75, 3.05) is 0 Å². The predicted octanol–water partition coefficient (Wildman–Crippen LogP) is 0.840. The first kappa shape index (κ1) is 9.91. The van der Waals surface area contributed by atoms with Crippen molar-refractivity contribution >= 4 is 0 Å². The van der Waals surface area contributed by atoms with E-state index in [1.165, 1.54) is 0 Å². The van der Waals surface area contributed by atoms with Gasteiger partial charge < -0.3 is 0 Å². The average Bonchev–Trinajstić information content (AvgIpc) is 1.50. The molecule has 0 amide bonds. The van der Waals surface area contributed by atoms with Crippen LogP contribution in [0, 0.1) is 86.7 Å². The van der Waals surface area contributed by atoms with Crippen LogP contribution in [-0.2, 0) is 0 Å². The van der Waals surface area contributed by atoms with Crippen molar-refractivity contribution in [2.24, 2.45) is 0 Å². The topological polar surface area (TPSA) is 0 Å². The zero-order valence-electron chi connectivity index (χ0n) is 1.49. The molecule has 29 valence electrons. The Bertz CT molecular complexity index is 6.00. The Labute approximate surface area is 85.1 Å². The summed E-state index contributed by atoms with van der Waals surface area (Å²) in [6.07, 6.45) is 0. The summed E-state index contributed by atoms with van der Waals surface area (Å²) in [7, 11) is 0. The molecule has 0 atom stereocenters. The van der Waals surface area contributed by atoms with Gasteiger partial charge in [-0.1, -0.05) is 0 Å². The van der Waals surface area contributed by atoms with Crippen molar-refractivity contribution in [1.29, 1.82) is 0 Å². The van der Waals surface area contributed by atoms with E-state index in [1.807, 2.05) is 0 Å². The van der Waals surface area contributed by atoms with Crippen molar-refractivity contribution in [3.8, 4) is 0 Å². The van der Waals surface area contributed by atoms with Crippen LogP contribution in [0.2, 0.25) is 0 Å². The third-order valence-corrected chi connectivity index (χ3v) is 0. The maximum absolute atomic E-state index is 9.56. The number of rotatable bonds is 0. The van der Waals surface area contributed by atoms with Gasteiger partial charge in [0.05, 0.1) is 0 Å². The molecule has 0 unspecified atom stereocenters. The molecule has 0 aromatic carbocycles. The molecule has 4 heteroatoms. The van der Waals surface area contributed by atoms with Gasteiger partial charge >= 0.3 is 87.8 Å². The molecule has 0 nitrogen and oxygen atoms in total. The van der Waals surface area contributed by atoms with Crippen LogP contribution in [0.5, 0.6) is 0 Å². The van der Waals surface area contributed by atoms with Gasteiger partial charge in [-0.2, -0.15) is 0 Å². The van der Waals surface area contributed by atoms with Gasteiger partial charge in [0, 0.05) is 0 Å². The zero-order chi connectivity index (χ0) is 4.00. The normalized spacial score (nSPS) is 3.00. The van der Waals surface area contributed by atoms with Crippen molar-refractivity contribution < 1.29 is 87.8 Å². The molecule has 0 bridgehead atoms. The molecule has 0 fully saturated rings. The summed E-state index contributed by atoms with van der Waals surface area (Å²) in [6.45, 7) is 0. The predicted molar refractivity (Wildman–Crippen MR) is 2.22 cm³/mol. The van der Waals surface area contributed by atoms with Gasteiger partial charge in [-0.05, 0) is 0 Å². The minimum absolute atomic E-state index is 0.222. The Morgan fingerprint density at radius 1 is 1.25 bits per heavy atom. The van der Waals surface area contributed by atoms with Crippen LogP contribution in [0.3, 0.4) is 0 Å². The first-order chi connectivity index (χ1) is 2.00. The summed E-state index contributed by atoms with van der Waals surface area (Å²) in [5.41, 5.74) is 0. The molecule has 0 aromatic heterocycles. The van der Waals surface area contributed by atoms with Gasteiger partial charge in [0.2, 0.25) is 0 Å². The van der Waals surface area contributed by atoms with E-state index in [2.05, 4.69) is 0 Å². The van der Waals surface area contributed by atoms with Crippen LogP contribution in [0.25, 0.3) is 0 Å². The molecule has 0 heterocycles. The Morgan fingerprint density at radius 2 is 1.25 bits per heavy atom. The van der Waals surface area contributed by atoms with E-state index < -0.39 is 0 Å². The maximum atomic E-state index is 9.56. The molecule has 0 aliphatic heterocycles.